The summed E-state index contributed by atoms with van der Waals surface area (Å²) in [6.07, 6.45) is 3.14. The smallest absolute Gasteiger partial charge is 0.272 e. The zero-order valence-electron chi connectivity index (χ0n) is 15.1. The molecule has 1 N–H and O–H groups in total. The first-order chi connectivity index (χ1) is 13.1. The molecule has 1 aromatic carbocycles. The maximum Gasteiger partial charge on any atom is 0.272 e. The van der Waals surface area contributed by atoms with Gasteiger partial charge in [-0.15, -0.1) is 0 Å². The van der Waals surface area contributed by atoms with Crippen molar-refractivity contribution in [2.24, 2.45) is 0 Å². The molecule has 1 saturated heterocycles. The zero-order chi connectivity index (χ0) is 18.8. The number of benzene rings is 1. The largest absolute Gasteiger partial charge is 0.506 e. The molecule has 0 saturated carbocycles. The number of hydrogen-bond donors (Lipinski definition) is 1. The van der Waals surface area contributed by atoms with Gasteiger partial charge in [0, 0.05) is 32.2 Å². The Labute approximate surface area is 157 Å². The van der Waals surface area contributed by atoms with E-state index in [1.54, 1.807) is 16.9 Å². The molecule has 3 heterocycles. The van der Waals surface area contributed by atoms with Gasteiger partial charge >= 0.3 is 0 Å². The quantitative estimate of drug-likeness (QED) is 0.772. The number of pyridine rings is 1. The van der Waals surface area contributed by atoms with Gasteiger partial charge in [0.05, 0.1) is 29.5 Å². The van der Waals surface area contributed by atoms with E-state index in [0.29, 0.717) is 31.9 Å². The van der Waals surface area contributed by atoms with Gasteiger partial charge in [-0.1, -0.05) is 18.2 Å². The summed E-state index contributed by atoms with van der Waals surface area (Å²) in [5.74, 6) is 0.126. The molecule has 2 aromatic heterocycles. The molecule has 1 aliphatic rings. The highest BCUT2D eigenvalue weighted by atomic mass is 16.3. The maximum atomic E-state index is 13.1. The van der Waals surface area contributed by atoms with Gasteiger partial charge in [-0.25, -0.2) is 4.68 Å². The average Bonchev–Trinajstić information content (AvgIpc) is 3.10. The number of nitrogens with zero attached hydrogens (tertiary/aromatic N) is 5. The summed E-state index contributed by atoms with van der Waals surface area (Å²) >= 11 is 0. The molecule has 7 nitrogen and oxygen atoms in total. The van der Waals surface area contributed by atoms with Gasteiger partial charge < -0.3 is 14.9 Å². The Morgan fingerprint density at radius 3 is 2.44 bits per heavy atom. The van der Waals surface area contributed by atoms with Gasteiger partial charge in [0.15, 0.2) is 0 Å². The first kappa shape index (κ1) is 17.1. The van der Waals surface area contributed by atoms with E-state index >= 15 is 0 Å². The lowest BCUT2D eigenvalue weighted by Crippen LogP contribution is -2.49. The van der Waals surface area contributed by atoms with Crippen LogP contribution in [0.25, 0.3) is 5.69 Å². The number of rotatable bonds is 3. The van der Waals surface area contributed by atoms with Crippen molar-refractivity contribution >= 4 is 11.6 Å². The fourth-order valence-electron chi connectivity index (χ4n) is 3.34. The summed E-state index contributed by atoms with van der Waals surface area (Å²) in [6.45, 7) is 4.48. The summed E-state index contributed by atoms with van der Waals surface area (Å²) in [5, 5.41) is 14.1. The van der Waals surface area contributed by atoms with E-state index in [0.717, 1.165) is 17.1 Å². The minimum Gasteiger partial charge on any atom is -0.506 e. The van der Waals surface area contributed by atoms with Crippen LogP contribution >= 0.6 is 0 Å². The standard InChI is InChI=1S/C20H21N5O2/c1-15-11-19(25(22-15)16-5-3-2-4-6-16)20(27)24-9-7-23(8-10-24)17-12-18(26)14-21-13-17/h2-6,11-14,26H,7-10H2,1H3. The molecule has 3 aromatic rings. The predicted octanol–water partition coefficient (Wildman–Crippen LogP) is 2.24. The topological polar surface area (TPSA) is 74.5 Å². The molecule has 4 rings (SSSR count). The van der Waals surface area contributed by atoms with Crippen molar-refractivity contribution in [2.75, 3.05) is 31.1 Å². The number of para-hydroxylation sites is 1. The Morgan fingerprint density at radius 1 is 1.00 bits per heavy atom. The lowest BCUT2D eigenvalue weighted by Gasteiger charge is -2.35. The van der Waals surface area contributed by atoms with Crippen molar-refractivity contribution in [2.45, 2.75) is 6.92 Å². The Balaban J connectivity index is 1.51. The number of piperazine rings is 1. The summed E-state index contributed by atoms with van der Waals surface area (Å²) in [7, 11) is 0. The summed E-state index contributed by atoms with van der Waals surface area (Å²) in [6, 6.07) is 13.2. The van der Waals surface area contributed by atoms with Crippen LogP contribution in [0.15, 0.2) is 54.9 Å². The predicted molar refractivity (Wildman–Crippen MR) is 102 cm³/mol. The molecule has 1 amide bonds. The molecule has 0 bridgehead atoms. The van der Waals surface area contributed by atoms with E-state index in [-0.39, 0.29) is 11.7 Å². The van der Waals surface area contributed by atoms with Gasteiger partial charge in [-0.2, -0.15) is 5.10 Å². The van der Waals surface area contributed by atoms with E-state index < -0.39 is 0 Å². The maximum absolute atomic E-state index is 13.1. The fourth-order valence-corrected chi connectivity index (χ4v) is 3.34. The SMILES string of the molecule is Cc1cc(C(=O)N2CCN(c3cncc(O)c3)CC2)n(-c2ccccc2)n1. The van der Waals surface area contributed by atoms with Crippen molar-refractivity contribution < 1.29 is 9.90 Å². The van der Waals surface area contributed by atoms with Crippen LogP contribution in [-0.4, -0.2) is 56.9 Å². The lowest BCUT2D eigenvalue weighted by atomic mass is 10.2. The van der Waals surface area contributed by atoms with Crippen LogP contribution in [0.3, 0.4) is 0 Å². The minimum atomic E-state index is -0.0202. The van der Waals surface area contributed by atoms with Crippen LogP contribution in [0.2, 0.25) is 0 Å². The third-order valence-electron chi connectivity index (χ3n) is 4.69. The van der Waals surface area contributed by atoms with Crippen LogP contribution in [0.5, 0.6) is 5.75 Å². The number of aromatic hydroxyl groups is 1. The number of aryl methyl sites for hydroxylation is 1. The minimum absolute atomic E-state index is 0.0202. The normalized spacial score (nSPS) is 14.4. The van der Waals surface area contributed by atoms with Gasteiger partial charge in [0.2, 0.25) is 0 Å². The number of amides is 1. The van der Waals surface area contributed by atoms with Crippen LogP contribution in [-0.2, 0) is 0 Å². The van der Waals surface area contributed by atoms with Crippen molar-refractivity contribution in [1.29, 1.82) is 0 Å². The highest BCUT2D eigenvalue weighted by molar-refractivity contribution is 5.93. The average molecular weight is 363 g/mol. The number of hydrogen-bond acceptors (Lipinski definition) is 5. The molecular formula is C20H21N5O2. The zero-order valence-corrected chi connectivity index (χ0v) is 15.1. The molecule has 0 spiro atoms. The number of carbonyl (C=O) groups is 1. The molecule has 0 radical (unpaired) electrons. The number of carbonyl (C=O) groups excluding carboxylic acids is 1. The first-order valence-corrected chi connectivity index (χ1v) is 8.92. The van der Waals surface area contributed by atoms with Crippen LogP contribution < -0.4 is 4.90 Å². The highest BCUT2D eigenvalue weighted by Crippen LogP contribution is 2.21. The van der Waals surface area contributed by atoms with E-state index in [9.17, 15) is 9.90 Å². The van der Waals surface area contributed by atoms with Gasteiger partial charge in [-0.3, -0.25) is 9.78 Å². The summed E-state index contributed by atoms with van der Waals surface area (Å²) in [4.78, 5) is 21.1. The highest BCUT2D eigenvalue weighted by Gasteiger charge is 2.25. The van der Waals surface area contributed by atoms with Crippen LogP contribution in [0.1, 0.15) is 16.2 Å². The molecule has 7 heteroatoms. The third-order valence-corrected chi connectivity index (χ3v) is 4.69. The van der Waals surface area contributed by atoms with E-state index in [1.165, 1.54) is 6.20 Å². The van der Waals surface area contributed by atoms with Crippen molar-refractivity contribution in [3.8, 4) is 11.4 Å². The molecule has 0 atom stereocenters. The van der Waals surface area contributed by atoms with E-state index in [2.05, 4.69) is 15.0 Å². The third kappa shape index (κ3) is 3.48. The van der Waals surface area contributed by atoms with Crippen molar-refractivity contribution in [3.63, 3.8) is 0 Å². The molecular weight excluding hydrogens is 342 g/mol. The van der Waals surface area contributed by atoms with Gasteiger partial charge in [0.25, 0.3) is 5.91 Å². The Hall–Kier alpha value is -3.35. The molecule has 1 aliphatic heterocycles. The van der Waals surface area contributed by atoms with E-state index in [4.69, 9.17) is 0 Å². The van der Waals surface area contributed by atoms with Gasteiger partial charge in [-0.05, 0) is 25.1 Å². The Bertz CT molecular complexity index is 946. The van der Waals surface area contributed by atoms with E-state index in [1.807, 2.05) is 48.2 Å². The Morgan fingerprint density at radius 2 is 1.74 bits per heavy atom. The van der Waals surface area contributed by atoms with Crippen molar-refractivity contribution in [1.82, 2.24) is 19.7 Å². The molecule has 0 aliphatic carbocycles. The number of aromatic nitrogens is 3. The summed E-state index contributed by atoms with van der Waals surface area (Å²) < 4.78 is 1.71. The second-order valence-electron chi connectivity index (χ2n) is 6.60. The summed E-state index contributed by atoms with van der Waals surface area (Å²) in [5.41, 5.74) is 3.13. The monoisotopic (exact) mass is 363 g/mol. The molecule has 0 unspecified atom stereocenters. The second kappa shape index (κ2) is 7.11. The molecule has 1 fully saturated rings. The lowest BCUT2D eigenvalue weighted by molar-refractivity contribution is 0.0737. The molecule has 27 heavy (non-hydrogen) atoms. The van der Waals surface area contributed by atoms with Crippen LogP contribution in [0, 0.1) is 6.92 Å². The second-order valence-corrected chi connectivity index (χ2v) is 6.60. The molecule has 138 valence electrons. The van der Waals surface area contributed by atoms with Gasteiger partial charge in [0.1, 0.15) is 11.4 Å². The fraction of sp³-hybridized carbons (Fsp3) is 0.250. The van der Waals surface area contributed by atoms with Crippen molar-refractivity contribution in [3.05, 3.63) is 66.2 Å². The first-order valence-electron chi connectivity index (χ1n) is 8.92. The van der Waals surface area contributed by atoms with Crippen LogP contribution in [0.4, 0.5) is 5.69 Å². The Kier molecular flexibility index (Phi) is 4.50. The number of anilines is 1.